The van der Waals surface area contributed by atoms with Crippen LogP contribution in [0, 0.1) is 5.92 Å². The van der Waals surface area contributed by atoms with Crippen molar-refractivity contribution in [3.05, 3.63) is 28.5 Å². The number of nitrogens with two attached hydrogens (primary N) is 1. The summed E-state index contributed by atoms with van der Waals surface area (Å²) in [7, 11) is 0. The Morgan fingerprint density at radius 2 is 2.33 bits per heavy atom. The van der Waals surface area contributed by atoms with E-state index < -0.39 is 0 Å². The van der Waals surface area contributed by atoms with Crippen molar-refractivity contribution >= 4 is 15.9 Å². The van der Waals surface area contributed by atoms with Gasteiger partial charge < -0.3 is 0 Å². The standard InChI is InChI=1S/C11H16BrN3/c12-9-4-5-10(14-7-9)11(15-13)6-8-2-1-3-8/h4-5,7-8,11,15H,1-3,6,13H2. The van der Waals surface area contributed by atoms with Crippen molar-refractivity contribution in [1.82, 2.24) is 10.4 Å². The Morgan fingerprint density at radius 3 is 2.80 bits per heavy atom. The van der Waals surface area contributed by atoms with Gasteiger partial charge in [0.05, 0.1) is 11.7 Å². The summed E-state index contributed by atoms with van der Waals surface area (Å²) in [5.74, 6) is 6.40. The molecular weight excluding hydrogens is 254 g/mol. The number of rotatable bonds is 4. The molecule has 0 aromatic carbocycles. The Morgan fingerprint density at radius 1 is 1.53 bits per heavy atom. The minimum atomic E-state index is 0.198. The molecule has 1 atom stereocenters. The van der Waals surface area contributed by atoms with Crippen molar-refractivity contribution in [1.29, 1.82) is 0 Å². The predicted molar refractivity (Wildman–Crippen MR) is 64.0 cm³/mol. The lowest BCUT2D eigenvalue weighted by Gasteiger charge is -2.29. The number of nitrogens with zero attached hydrogens (tertiary/aromatic N) is 1. The fraction of sp³-hybridized carbons (Fsp3) is 0.545. The summed E-state index contributed by atoms with van der Waals surface area (Å²) in [6, 6.07) is 4.23. The Bertz CT molecular complexity index is 308. The predicted octanol–water partition coefficient (Wildman–Crippen LogP) is 2.54. The monoisotopic (exact) mass is 269 g/mol. The van der Waals surface area contributed by atoms with Crippen LogP contribution in [0.5, 0.6) is 0 Å². The summed E-state index contributed by atoms with van der Waals surface area (Å²) in [6.07, 6.45) is 6.98. The Labute approximate surface area is 98.6 Å². The highest BCUT2D eigenvalue weighted by atomic mass is 79.9. The fourth-order valence-electron chi connectivity index (χ4n) is 1.93. The van der Waals surface area contributed by atoms with Crippen LogP contribution in [0.15, 0.2) is 22.8 Å². The minimum Gasteiger partial charge on any atom is -0.271 e. The van der Waals surface area contributed by atoms with Crippen molar-refractivity contribution < 1.29 is 0 Å². The molecule has 0 saturated heterocycles. The van der Waals surface area contributed by atoms with Gasteiger partial charge in [-0.05, 0) is 40.4 Å². The number of hydrogen-bond acceptors (Lipinski definition) is 3. The molecule has 15 heavy (non-hydrogen) atoms. The van der Waals surface area contributed by atoms with E-state index in [1.807, 2.05) is 18.3 Å². The Kier molecular flexibility index (Phi) is 3.72. The van der Waals surface area contributed by atoms with Crippen LogP contribution in [-0.4, -0.2) is 4.98 Å². The molecule has 1 heterocycles. The molecule has 4 heteroatoms. The number of halogens is 1. The molecule has 1 aromatic rings. The van der Waals surface area contributed by atoms with E-state index in [9.17, 15) is 0 Å². The number of hydrogen-bond donors (Lipinski definition) is 2. The van der Waals surface area contributed by atoms with Crippen LogP contribution < -0.4 is 11.3 Å². The zero-order chi connectivity index (χ0) is 10.7. The van der Waals surface area contributed by atoms with E-state index in [1.165, 1.54) is 19.3 Å². The Balaban J connectivity index is 2.01. The summed E-state index contributed by atoms with van der Waals surface area (Å²) in [5.41, 5.74) is 3.89. The molecule has 1 aliphatic carbocycles. The molecule has 1 fully saturated rings. The van der Waals surface area contributed by atoms with Gasteiger partial charge in [0.15, 0.2) is 0 Å². The van der Waals surface area contributed by atoms with Gasteiger partial charge in [0.1, 0.15) is 0 Å². The summed E-state index contributed by atoms with van der Waals surface area (Å²) in [5, 5.41) is 0. The maximum atomic E-state index is 5.57. The highest BCUT2D eigenvalue weighted by Gasteiger charge is 2.22. The summed E-state index contributed by atoms with van der Waals surface area (Å²) in [6.45, 7) is 0. The molecule has 0 spiro atoms. The number of nitrogens with one attached hydrogen (secondary N) is 1. The first-order valence-corrected chi connectivity index (χ1v) is 6.16. The average Bonchev–Trinajstić information content (AvgIpc) is 2.19. The van der Waals surface area contributed by atoms with Crippen molar-refractivity contribution in [2.45, 2.75) is 31.7 Å². The van der Waals surface area contributed by atoms with Gasteiger partial charge >= 0.3 is 0 Å². The van der Waals surface area contributed by atoms with Gasteiger partial charge in [-0.25, -0.2) is 0 Å². The van der Waals surface area contributed by atoms with Gasteiger partial charge in [-0.15, -0.1) is 0 Å². The summed E-state index contributed by atoms with van der Waals surface area (Å²) in [4.78, 5) is 4.37. The van der Waals surface area contributed by atoms with Crippen molar-refractivity contribution in [2.75, 3.05) is 0 Å². The fourth-order valence-corrected chi connectivity index (χ4v) is 2.16. The van der Waals surface area contributed by atoms with E-state index >= 15 is 0 Å². The van der Waals surface area contributed by atoms with Gasteiger partial charge in [0.2, 0.25) is 0 Å². The van der Waals surface area contributed by atoms with Crippen LogP contribution in [0.1, 0.15) is 37.4 Å². The van der Waals surface area contributed by atoms with Crippen LogP contribution in [-0.2, 0) is 0 Å². The molecule has 0 aliphatic heterocycles. The minimum absolute atomic E-state index is 0.198. The van der Waals surface area contributed by atoms with E-state index in [0.717, 1.165) is 22.5 Å². The second-order valence-corrected chi connectivity index (χ2v) is 5.07. The highest BCUT2D eigenvalue weighted by molar-refractivity contribution is 9.10. The third-order valence-electron chi connectivity index (χ3n) is 3.10. The molecule has 0 radical (unpaired) electrons. The largest absolute Gasteiger partial charge is 0.271 e. The normalized spacial score (nSPS) is 18.5. The topological polar surface area (TPSA) is 50.9 Å². The summed E-state index contributed by atoms with van der Waals surface area (Å²) >= 11 is 3.38. The maximum Gasteiger partial charge on any atom is 0.0634 e. The molecule has 0 amide bonds. The lowest BCUT2D eigenvalue weighted by Crippen LogP contribution is -2.31. The van der Waals surface area contributed by atoms with Gasteiger partial charge in [-0.3, -0.25) is 16.3 Å². The zero-order valence-corrected chi connectivity index (χ0v) is 10.2. The molecule has 1 aliphatic rings. The molecule has 2 rings (SSSR count). The first kappa shape index (κ1) is 11.0. The van der Waals surface area contributed by atoms with Gasteiger partial charge in [-0.1, -0.05) is 19.3 Å². The lowest BCUT2D eigenvalue weighted by atomic mass is 9.80. The molecule has 0 bridgehead atoms. The van der Waals surface area contributed by atoms with Gasteiger partial charge in [0, 0.05) is 10.7 Å². The molecule has 1 unspecified atom stereocenters. The molecule has 3 nitrogen and oxygen atoms in total. The van der Waals surface area contributed by atoms with Gasteiger partial charge in [0.25, 0.3) is 0 Å². The van der Waals surface area contributed by atoms with Crippen molar-refractivity contribution in [2.24, 2.45) is 11.8 Å². The van der Waals surface area contributed by atoms with Crippen LogP contribution >= 0.6 is 15.9 Å². The van der Waals surface area contributed by atoms with Crippen LogP contribution in [0.2, 0.25) is 0 Å². The third kappa shape index (κ3) is 2.77. The second kappa shape index (κ2) is 5.05. The lowest BCUT2D eigenvalue weighted by molar-refractivity contribution is 0.260. The van der Waals surface area contributed by atoms with E-state index in [4.69, 9.17) is 5.84 Å². The molecule has 1 saturated carbocycles. The maximum absolute atomic E-state index is 5.57. The first-order chi connectivity index (χ1) is 7.29. The zero-order valence-electron chi connectivity index (χ0n) is 8.62. The number of hydrazine groups is 1. The Hall–Kier alpha value is -0.450. The number of aromatic nitrogens is 1. The van der Waals surface area contributed by atoms with Crippen molar-refractivity contribution in [3.63, 3.8) is 0 Å². The summed E-state index contributed by atoms with van der Waals surface area (Å²) < 4.78 is 1.01. The molecule has 1 aromatic heterocycles. The highest BCUT2D eigenvalue weighted by Crippen LogP contribution is 2.34. The van der Waals surface area contributed by atoms with E-state index in [2.05, 4.69) is 26.3 Å². The molecular formula is C11H16BrN3. The number of pyridine rings is 1. The van der Waals surface area contributed by atoms with Gasteiger partial charge in [-0.2, -0.15) is 0 Å². The molecule has 3 N–H and O–H groups in total. The average molecular weight is 270 g/mol. The third-order valence-corrected chi connectivity index (χ3v) is 3.57. The SMILES string of the molecule is NNC(CC1CCC1)c1ccc(Br)cn1. The van der Waals surface area contributed by atoms with Crippen LogP contribution in [0.25, 0.3) is 0 Å². The molecule has 82 valence electrons. The van der Waals surface area contributed by atoms with E-state index in [1.54, 1.807) is 0 Å². The second-order valence-electron chi connectivity index (χ2n) is 4.15. The van der Waals surface area contributed by atoms with E-state index in [0.29, 0.717) is 0 Å². The first-order valence-electron chi connectivity index (χ1n) is 5.37. The van der Waals surface area contributed by atoms with Crippen LogP contribution in [0.4, 0.5) is 0 Å². The van der Waals surface area contributed by atoms with Crippen LogP contribution in [0.3, 0.4) is 0 Å². The smallest absolute Gasteiger partial charge is 0.0634 e. The van der Waals surface area contributed by atoms with E-state index in [-0.39, 0.29) is 6.04 Å². The quantitative estimate of drug-likeness (QED) is 0.653. The van der Waals surface area contributed by atoms with Crippen molar-refractivity contribution in [3.8, 4) is 0 Å².